The van der Waals surface area contributed by atoms with E-state index in [1.165, 1.54) is 0 Å². The minimum Gasteiger partial charge on any atom is -0.489 e. The number of carbonyl (C=O) groups excluding carboxylic acids is 1. The molecule has 0 fully saturated rings. The topological polar surface area (TPSA) is 50.7 Å². The van der Waals surface area contributed by atoms with Crippen molar-refractivity contribution >= 4 is 51.4 Å². The lowest BCUT2D eigenvalue weighted by molar-refractivity contribution is -0.118. The molecule has 0 aliphatic rings. The van der Waals surface area contributed by atoms with Crippen molar-refractivity contribution in [2.45, 2.75) is 12.4 Å². The number of amides is 1. The molecule has 0 unspecified atom stereocenters. The van der Waals surface area contributed by atoms with Gasteiger partial charge in [-0.25, -0.2) is 5.43 Å². The number of hydrazone groups is 1. The van der Waals surface area contributed by atoms with Crippen LogP contribution in [0.15, 0.2) is 82.4 Å². The molecular weight excluding hydrogens is 484 g/mol. The van der Waals surface area contributed by atoms with Crippen LogP contribution in [0.1, 0.15) is 16.7 Å². The third-order valence-corrected chi connectivity index (χ3v) is 6.02. The summed E-state index contributed by atoms with van der Waals surface area (Å²) in [5.41, 5.74) is 5.59. The average molecular weight is 504 g/mol. The number of halogens is 2. The third-order valence-electron chi connectivity index (χ3n) is 4.03. The molecule has 3 aromatic rings. The number of hydrogen-bond donors (Lipinski definition) is 1. The largest absolute Gasteiger partial charge is 0.489 e. The molecule has 0 heterocycles. The number of rotatable bonds is 9. The summed E-state index contributed by atoms with van der Waals surface area (Å²) in [5, 5.41) is 4.71. The predicted octanol–water partition coefficient (Wildman–Crippen LogP) is 6.07. The lowest BCUT2D eigenvalue weighted by Gasteiger charge is -2.07. The van der Waals surface area contributed by atoms with Gasteiger partial charge in [0, 0.05) is 15.2 Å². The Balaban J connectivity index is 1.39. The highest BCUT2D eigenvalue weighted by molar-refractivity contribution is 9.10. The standard InChI is InChI=1S/C23H20BrClN2O2S/c24-22-7-2-1-5-19(22)15-30-16-23(28)27-26-13-17-8-10-21(11-9-17)29-14-18-4-3-6-20(25)12-18/h1-13H,14-16H2,(H,27,28)/b26-13-. The molecule has 0 bridgehead atoms. The van der Waals surface area contributed by atoms with Crippen LogP contribution in [0.3, 0.4) is 0 Å². The highest BCUT2D eigenvalue weighted by Crippen LogP contribution is 2.21. The Labute approximate surface area is 193 Å². The van der Waals surface area contributed by atoms with Gasteiger partial charge in [0.05, 0.1) is 12.0 Å². The number of nitrogens with one attached hydrogen (secondary N) is 1. The van der Waals surface area contributed by atoms with E-state index in [4.69, 9.17) is 16.3 Å². The summed E-state index contributed by atoms with van der Waals surface area (Å²) >= 11 is 11.0. The smallest absolute Gasteiger partial charge is 0.250 e. The Hall–Kier alpha value is -2.28. The number of hydrogen-bond acceptors (Lipinski definition) is 4. The molecular formula is C23H20BrClN2O2S. The van der Waals surface area contributed by atoms with Gasteiger partial charge in [0.15, 0.2) is 0 Å². The average Bonchev–Trinajstić information content (AvgIpc) is 2.75. The van der Waals surface area contributed by atoms with Gasteiger partial charge in [0.25, 0.3) is 0 Å². The van der Waals surface area contributed by atoms with Gasteiger partial charge < -0.3 is 4.74 Å². The zero-order valence-electron chi connectivity index (χ0n) is 16.1. The molecule has 0 atom stereocenters. The number of thioether (sulfide) groups is 1. The van der Waals surface area contributed by atoms with Crippen molar-refractivity contribution in [3.63, 3.8) is 0 Å². The van der Waals surface area contributed by atoms with Gasteiger partial charge in [-0.3, -0.25) is 4.79 Å². The summed E-state index contributed by atoms with van der Waals surface area (Å²) in [6, 6.07) is 23.0. The van der Waals surface area contributed by atoms with E-state index in [1.54, 1.807) is 18.0 Å². The van der Waals surface area contributed by atoms with Crippen LogP contribution in [-0.4, -0.2) is 17.9 Å². The first-order valence-corrected chi connectivity index (χ1v) is 11.5. The van der Waals surface area contributed by atoms with Crippen LogP contribution in [0.25, 0.3) is 0 Å². The second-order valence-corrected chi connectivity index (χ2v) is 8.64. The van der Waals surface area contributed by atoms with Crippen molar-refractivity contribution in [3.8, 4) is 5.75 Å². The highest BCUT2D eigenvalue weighted by atomic mass is 79.9. The molecule has 7 heteroatoms. The van der Waals surface area contributed by atoms with Gasteiger partial charge in [0.1, 0.15) is 12.4 Å². The fourth-order valence-corrected chi connectivity index (χ4v) is 4.17. The lowest BCUT2D eigenvalue weighted by atomic mass is 10.2. The molecule has 1 amide bonds. The van der Waals surface area contributed by atoms with Gasteiger partial charge in [-0.05, 0) is 59.2 Å². The van der Waals surface area contributed by atoms with E-state index in [1.807, 2.05) is 72.8 Å². The Bertz CT molecular complexity index is 1010. The fraction of sp³-hybridized carbons (Fsp3) is 0.130. The number of nitrogens with zero attached hydrogens (tertiary/aromatic N) is 1. The summed E-state index contributed by atoms with van der Waals surface area (Å²) < 4.78 is 6.81. The number of benzene rings is 3. The van der Waals surface area contributed by atoms with E-state index < -0.39 is 0 Å². The third kappa shape index (κ3) is 7.52. The first kappa shape index (κ1) is 22.4. The number of ether oxygens (including phenoxy) is 1. The molecule has 3 rings (SSSR count). The maximum atomic E-state index is 11.9. The van der Waals surface area contributed by atoms with Crippen LogP contribution in [0, 0.1) is 0 Å². The molecule has 0 saturated heterocycles. The molecule has 0 aliphatic carbocycles. The molecule has 154 valence electrons. The van der Waals surface area contributed by atoms with Crippen molar-refractivity contribution < 1.29 is 9.53 Å². The molecule has 0 aliphatic heterocycles. The van der Waals surface area contributed by atoms with E-state index in [0.29, 0.717) is 17.4 Å². The highest BCUT2D eigenvalue weighted by Gasteiger charge is 2.03. The van der Waals surface area contributed by atoms with Gasteiger partial charge in [-0.15, -0.1) is 11.8 Å². The first-order valence-electron chi connectivity index (χ1n) is 9.20. The van der Waals surface area contributed by atoms with E-state index >= 15 is 0 Å². The van der Waals surface area contributed by atoms with E-state index in [9.17, 15) is 4.79 Å². The molecule has 0 aromatic heterocycles. The maximum Gasteiger partial charge on any atom is 0.250 e. The molecule has 0 spiro atoms. The van der Waals surface area contributed by atoms with E-state index in [2.05, 4.69) is 26.5 Å². The van der Waals surface area contributed by atoms with Crippen LogP contribution in [0.2, 0.25) is 5.02 Å². The van der Waals surface area contributed by atoms with Crippen LogP contribution in [0.4, 0.5) is 0 Å². The van der Waals surface area contributed by atoms with Gasteiger partial charge in [-0.2, -0.15) is 5.10 Å². The quantitative estimate of drug-likeness (QED) is 0.285. The fourth-order valence-electron chi connectivity index (χ4n) is 2.52. The summed E-state index contributed by atoms with van der Waals surface area (Å²) in [4.78, 5) is 11.9. The molecule has 3 aromatic carbocycles. The maximum absolute atomic E-state index is 11.9. The Morgan fingerprint density at radius 3 is 2.67 bits per heavy atom. The zero-order chi connectivity index (χ0) is 21.2. The Morgan fingerprint density at radius 2 is 1.90 bits per heavy atom. The SMILES string of the molecule is O=C(CSCc1ccccc1Br)N/N=C\c1ccc(OCc2cccc(Cl)c2)cc1. The molecule has 4 nitrogen and oxygen atoms in total. The second-order valence-electron chi connectivity index (χ2n) is 6.37. The van der Waals surface area contributed by atoms with Crippen molar-refractivity contribution in [2.24, 2.45) is 5.10 Å². The normalized spacial score (nSPS) is 10.9. The van der Waals surface area contributed by atoms with Crippen molar-refractivity contribution in [1.82, 2.24) is 5.43 Å². The predicted molar refractivity (Wildman–Crippen MR) is 128 cm³/mol. The summed E-state index contributed by atoms with van der Waals surface area (Å²) in [6.45, 7) is 0.446. The van der Waals surface area contributed by atoms with Gasteiger partial charge >= 0.3 is 0 Å². The Kier molecular flexibility index (Phi) is 8.81. The number of carbonyl (C=O) groups is 1. The van der Waals surface area contributed by atoms with Crippen molar-refractivity contribution in [3.05, 3.63) is 99.0 Å². The monoisotopic (exact) mass is 502 g/mol. The molecule has 0 radical (unpaired) electrons. The van der Waals surface area contributed by atoms with Crippen LogP contribution in [-0.2, 0) is 17.2 Å². The lowest BCUT2D eigenvalue weighted by Crippen LogP contribution is -2.19. The van der Waals surface area contributed by atoms with E-state index in [0.717, 1.165) is 32.7 Å². The second kappa shape index (κ2) is 11.8. The summed E-state index contributed by atoms with van der Waals surface area (Å²) in [5.74, 6) is 1.72. The van der Waals surface area contributed by atoms with Crippen LogP contribution < -0.4 is 10.2 Å². The zero-order valence-corrected chi connectivity index (χ0v) is 19.2. The Morgan fingerprint density at radius 1 is 1.10 bits per heavy atom. The minimum atomic E-state index is -0.134. The molecule has 0 saturated carbocycles. The van der Waals surface area contributed by atoms with Crippen molar-refractivity contribution in [2.75, 3.05) is 5.75 Å². The summed E-state index contributed by atoms with van der Waals surface area (Å²) in [7, 11) is 0. The molecule has 1 N–H and O–H groups in total. The minimum absolute atomic E-state index is 0.134. The van der Waals surface area contributed by atoms with Gasteiger partial charge in [0.2, 0.25) is 5.91 Å². The summed E-state index contributed by atoms with van der Waals surface area (Å²) in [6.07, 6.45) is 1.61. The van der Waals surface area contributed by atoms with Crippen LogP contribution >= 0.6 is 39.3 Å². The van der Waals surface area contributed by atoms with Crippen molar-refractivity contribution in [1.29, 1.82) is 0 Å². The molecule has 30 heavy (non-hydrogen) atoms. The van der Waals surface area contributed by atoms with Crippen LogP contribution in [0.5, 0.6) is 5.75 Å². The van der Waals surface area contributed by atoms with E-state index in [-0.39, 0.29) is 5.91 Å². The first-order chi connectivity index (χ1) is 14.6. The van der Waals surface area contributed by atoms with Gasteiger partial charge in [-0.1, -0.05) is 57.9 Å².